The van der Waals surface area contributed by atoms with Gasteiger partial charge in [-0.15, -0.1) is 0 Å². The Kier molecular flexibility index (Phi) is 3.62. The van der Waals surface area contributed by atoms with Crippen molar-refractivity contribution in [3.05, 3.63) is 65.5 Å². The molecule has 1 amide bonds. The number of pyridine rings is 1. The Morgan fingerprint density at radius 1 is 1.22 bits per heavy atom. The summed E-state index contributed by atoms with van der Waals surface area (Å²) in [5.74, 6) is -1.59. The van der Waals surface area contributed by atoms with E-state index >= 15 is 0 Å². The van der Waals surface area contributed by atoms with Gasteiger partial charge in [0.2, 0.25) is 5.95 Å². The highest BCUT2D eigenvalue weighted by Crippen LogP contribution is 2.06. The van der Waals surface area contributed by atoms with Crippen molar-refractivity contribution >= 4 is 5.91 Å². The number of hydrogen-bond donors (Lipinski definition) is 1. The van der Waals surface area contributed by atoms with Crippen LogP contribution < -0.4 is 5.32 Å². The van der Waals surface area contributed by atoms with E-state index in [1.54, 1.807) is 18.2 Å². The molecule has 1 N–H and O–H groups in total. The first-order valence-electron chi connectivity index (χ1n) is 5.30. The van der Waals surface area contributed by atoms with Gasteiger partial charge in [0.15, 0.2) is 0 Å². The van der Waals surface area contributed by atoms with Crippen LogP contribution in [-0.2, 0) is 6.54 Å². The van der Waals surface area contributed by atoms with Crippen LogP contribution in [0.25, 0.3) is 0 Å². The first kappa shape index (κ1) is 12.2. The van der Waals surface area contributed by atoms with Crippen molar-refractivity contribution in [2.75, 3.05) is 0 Å². The van der Waals surface area contributed by atoms with Crippen molar-refractivity contribution in [2.45, 2.75) is 6.54 Å². The Morgan fingerprint density at radius 3 is 2.72 bits per heavy atom. The molecule has 0 aliphatic rings. The fourth-order valence-electron chi connectivity index (χ4n) is 1.46. The van der Waals surface area contributed by atoms with Crippen LogP contribution in [0.1, 0.15) is 15.9 Å². The van der Waals surface area contributed by atoms with Crippen LogP contribution in [0.2, 0.25) is 0 Å². The van der Waals surface area contributed by atoms with E-state index in [-0.39, 0.29) is 12.1 Å². The molecule has 0 radical (unpaired) electrons. The van der Waals surface area contributed by atoms with Crippen LogP contribution in [0.5, 0.6) is 0 Å². The molecule has 3 nitrogen and oxygen atoms in total. The Morgan fingerprint density at radius 2 is 2.00 bits per heavy atom. The largest absolute Gasteiger partial charge is 0.348 e. The zero-order valence-electron chi connectivity index (χ0n) is 9.36. The van der Waals surface area contributed by atoms with Gasteiger partial charge in [0.1, 0.15) is 5.82 Å². The van der Waals surface area contributed by atoms with E-state index in [0.717, 1.165) is 6.07 Å². The van der Waals surface area contributed by atoms with Gasteiger partial charge in [0.05, 0.1) is 0 Å². The number of nitrogens with one attached hydrogen (secondary N) is 1. The molecule has 18 heavy (non-hydrogen) atoms. The summed E-state index contributed by atoms with van der Waals surface area (Å²) in [6.45, 7) is 0.0510. The van der Waals surface area contributed by atoms with Crippen molar-refractivity contribution in [3.63, 3.8) is 0 Å². The van der Waals surface area contributed by atoms with Crippen molar-refractivity contribution in [3.8, 4) is 0 Å². The highest BCUT2D eigenvalue weighted by molar-refractivity contribution is 5.93. The number of hydrogen-bond acceptors (Lipinski definition) is 2. The molecule has 1 aromatic carbocycles. The van der Waals surface area contributed by atoms with Crippen molar-refractivity contribution in [1.29, 1.82) is 0 Å². The standard InChI is InChI=1S/C13H10F2N2O/c14-11-4-2-1-3-10(11)8-17-13(18)9-5-6-16-12(15)7-9/h1-7H,8H2,(H,17,18). The minimum Gasteiger partial charge on any atom is -0.348 e. The van der Waals surface area contributed by atoms with E-state index in [4.69, 9.17) is 0 Å². The number of nitrogens with zero attached hydrogens (tertiary/aromatic N) is 1. The molecule has 1 heterocycles. The lowest BCUT2D eigenvalue weighted by Crippen LogP contribution is -2.23. The average Bonchev–Trinajstić information content (AvgIpc) is 2.37. The molecular weight excluding hydrogens is 238 g/mol. The summed E-state index contributed by atoms with van der Waals surface area (Å²) in [6, 6.07) is 8.54. The van der Waals surface area contributed by atoms with E-state index < -0.39 is 17.7 Å². The van der Waals surface area contributed by atoms with Gasteiger partial charge in [-0.1, -0.05) is 18.2 Å². The number of halogens is 2. The number of amides is 1. The molecule has 0 fully saturated rings. The molecule has 0 aliphatic carbocycles. The topological polar surface area (TPSA) is 42.0 Å². The molecule has 92 valence electrons. The monoisotopic (exact) mass is 248 g/mol. The smallest absolute Gasteiger partial charge is 0.251 e. The SMILES string of the molecule is O=C(NCc1ccccc1F)c1ccnc(F)c1. The zero-order chi connectivity index (χ0) is 13.0. The molecule has 1 aromatic heterocycles. The Bertz CT molecular complexity index is 572. The van der Waals surface area contributed by atoms with Crippen LogP contribution in [0.3, 0.4) is 0 Å². The summed E-state index contributed by atoms with van der Waals surface area (Å²) in [4.78, 5) is 15.0. The maximum Gasteiger partial charge on any atom is 0.251 e. The van der Waals surface area contributed by atoms with E-state index in [9.17, 15) is 13.6 Å². The van der Waals surface area contributed by atoms with Gasteiger partial charge >= 0.3 is 0 Å². The maximum absolute atomic E-state index is 13.3. The summed E-state index contributed by atoms with van der Waals surface area (Å²) in [5.41, 5.74) is 0.527. The zero-order valence-corrected chi connectivity index (χ0v) is 9.36. The molecule has 0 spiro atoms. The predicted molar refractivity (Wildman–Crippen MR) is 61.8 cm³/mol. The molecule has 2 aromatic rings. The molecule has 0 saturated heterocycles. The number of benzene rings is 1. The average molecular weight is 248 g/mol. The van der Waals surface area contributed by atoms with Gasteiger partial charge in [-0.3, -0.25) is 4.79 Å². The van der Waals surface area contributed by atoms with E-state index in [0.29, 0.717) is 5.56 Å². The van der Waals surface area contributed by atoms with Crippen LogP contribution in [0.15, 0.2) is 42.6 Å². The fraction of sp³-hybridized carbons (Fsp3) is 0.0769. The molecule has 0 aliphatic heterocycles. The number of carbonyl (C=O) groups is 1. The highest BCUT2D eigenvalue weighted by atomic mass is 19.1. The normalized spacial score (nSPS) is 10.1. The van der Waals surface area contributed by atoms with E-state index in [2.05, 4.69) is 10.3 Å². The highest BCUT2D eigenvalue weighted by Gasteiger charge is 2.08. The number of carbonyl (C=O) groups excluding carboxylic acids is 1. The molecule has 0 bridgehead atoms. The van der Waals surface area contributed by atoms with E-state index in [1.807, 2.05) is 0 Å². The van der Waals surface area contributed by atoms with Gasteiger partial charge in [-0.25, -0.2) is 9.37 Å². The third-order valence-electron chi connectivity index (χ3n) is 2.39. The molecule has 5 heteroatoms. The van der Waals surface area contributed by atoms with Crippen molar-refractivity contribution in [1.82, 2.24) is 10.3 Å². The second-order valence-corrected chi connectivity index (χ2v) is 3.64. The van der Waals surface area contributed by atoms with Gasteiger partial charge in [0.25, 0.3) is 5.91 Å². The van der Waals surface area contributed by atoms with Crippen LogP contribution in [0.4, 0.5) is 8.78 Å². The summed E-state index contributed by atoms with van der Waals surface area (Å²) in [6.07, 6.45) is 1.20. The van der Waals surface area contributed by atoms with Crippen molar-refractivity contribution < 1.29 is 13.6 Å². The van der Waals surface area contributed by atoms with Crippen LogP contribution in [0, 0.1) is 11.8 Å². The fourth-order valence-corrected chi connectivity index (χ4v) is 1.46. The lowest BCUT2D eigenvalue weighted by molar-refractivity contribution is 0.0950. The number of rotatable bonds is 3. The van der Waals surface area contributed by atoms with Crippen LogP contribution >= 0.6 is 0 Å². The van der Waals surface area contributed by atoms with Gasteiger partial charge in [-0.05, 0) is 12.1 Å². The lowest BCUT2D eigenvalue weighted by Gasteiger charge is -2.06. The third kappa shape index (κ3) is 2.88. The van der Waals surface area contributed by atoms with E-state index in [1.165, 1.54) is 18.3 Å². The second kappa shape index (κ2) is 5.35. The Labute approximate surface area is 102 Å². The third-order valence-corrected chi connectivity index (χ3v) is 2.39. The lowest BCUT2D eigenvalue weighted by atomic mass is 10.2. The summed E-state index contributed by atoms with van der Waals surface area (Å²) >= 11 is 0. The summed E-state index contributed by atoms with van der Waals surface area (Å²) < 4.78 is 26.1. The van der Waals surface area contributed by atoms with Crippen molar-refractivity contribution in [2.24, 2.45) is 0 Å². The van der Waals surface area contributed by atoms with Gasteiger partial charge < -0.3 is 5.32 Å². The molecule has 0 atom stereocenters. The molecular formula is C13H10F2N2O. The first-order valence-corrected chi connectivity index (χ1v) is 5.30. The first-order chi connectivity index (χ1) is 8.66. The summed E-state index contributed by atoms with van der Waals surface area (Å²) in [7, 11) is 0. The predicted octanol–water partition coefficient (Wildman–Crippen LogP) is 2.29. The van der Waals surface area contributed by atoms with Gasteiger partial charge in [-0.2, -0.15) is 4.39 Å². The maximum atomic E-state index is 13.3. The molecule has 2 rings (SSSR count). The molecule has 0 unspecified atom stereocenters. The number of aromatic nitrogens is 1. The Hall–Kier alpha value is -2.30. The minimum absolute atomic E-state index is 0.0510. The molecule has 0 saturated carbocycles. The quantitative estimate of drug-likeness (QED) is 0.847. The Balaban J connectivity index is 2.03. The van der Waals surface area contributed by atoms with Gasteiger partial charge in [0, 0.05) is 29.9 Å². The second-order valence-electron chi connectivity index (χ2n) is 3.64. The van der Waals surface area contributed by atoms with Crippen LogP contribution in [-0.4, -0.2) is 10.9 Å². The minimum atomic E-state index is -0.728. The summed E-state index contributed by atoms with van der Waals surface area (Å²) in [5, 5.41) is 2.51.